The molecule has 1 fully saturated rings. The summed E-state index contributed by atoms with van der Waals surface area (Å²) in [6, 6.07) is 11.2. The first-order chi connectivity index (χ1) is 13.5. The lowest BCUT2D eigenvalue weighted by Gasteiger charge is -2.40. The maximum Gasteiger partial charge on any atom is 0.149 e. The average Bonchev–Trinajstić information content (AvgIpc) is 2.67. The van der Waals surface area contributed by atoms with Crippen LogP contribution in [0.5, 0.6) is 11.5 Å². The summed E-state index contributed by atoms with van der Waals surface area (Å²) in [5, 5.41) is 4.77. The van der Waals surface area contributed by atoms with Crippen molar-refractivity contribution < 1.29 is 18.4 Å². The molecule has 4 rings (SSSR count). The number of rotatable bonds is 5. The van der Waals surface area contributed by atoms with Gasteiger partial charge in [0.05, 0.1) is 11.9 Å². The van der Waals surface area contributed by atoms with Crippen LogP contribution in [-0.2, 0) is 10.3 Å². The minimum atomic E-state index is -0.591. The number of para-hydroxylation sites is 1. The Kier molecular flexibility index (Phi) is 4.71. The van der Waals surface area contributed by atoms with Crippen LogP contribution in [0.25, 0.3) is 10.9 Å². The van der Waals surface area contributed by atoms with E-state index in [2.05, 4.69) is 10.1 Å². The minimum Gasteiger partial charge on any atom is -0.455 e. The molecule has 1 aliphatic rings. The minimum absolute atomic E-state index is 0.270. The third-order valence-corrected chi connectivity index (χ3v) is 5.19. The van der Waals surface area contributed by atoms with E-state index in [4.69, 9.17) is 9.57 Å². The number of hydrogen-bond acceptors (Lipinski definition) is 4. The molecule has 0 N–H and O–H groups in total. The first-order valence-corrected chi connectivity index (χ1v) is 9.23. The molecule has 0 bridgehead atoms. The second kappa shape index (κ2) is 7.19. The lowest BCUT2D eigenvalue weighted by atomic mass is 9.64. The summed E-state index contributed by atoms with van der Waals surface area (Å²) in [7, 11) is 0. The predicted molar refractivity (Wildman–Crippen MR) is 104 cm³/mol. The third kappa shape index (κ3) is 3.09. The van der Waals surface area contributed by atoms with Crippen molar-refractivity contribution in [3.8, 4) is 11.5 Å². The van der Waals surface area contributed by atoms with Gasteiger partial charge in [-0.15, -0.1) is 0 Å². The number of aromatic nitrogens is 1. The highest BCUT2D eigenvalue weighted by atomic mass is 19.1. The van der Waals surface area contributed by atoms with Crippen LogP contribution < -0.4 is 4.74 Å². The Morgan fingerprint density at radius 2 is 1.93 bits per heavy atom. The summed E-state index contributed by atoms with van der Waals surface area (Å²) in [6.07, 6.45) is 2.94. The second-order valence-corrected chi connectivity index (χ2v) is 6.99. The van der Waals surface area contributed by atoms with Crippen molar-refractivity contribution in [2.45, 2.75) is 32.1 Å². The van der Waals surface area contributed by atoms with Crippen molar-refractivity contribution in [3.05, 3.63) is 65.9 Å². The van der Waals surface area contributed by atoms with Crippen LogP contribution in [0.15, 0.2) is 53.8 Å². The standard InChI is InChI=1S/C22H20F2N2O2/c1-3-27-26-19-10-11-22(19,2)20-16(23)7-5-9-18(20)28-15-12-14-6-4-8-17(24)21(14)25-13-15/h4-9,12-13H,3,10-11H2,1-2H3/b26-19+. The summed E-state index contributed by atoms with van der Waals surface area (Å²) in [5.41, 5.74) is 0.917. The molecule has 6 heteroatoms. The molecule has 1 aliphatic carbocycles. The molecule has 1 aromatic heterocycles. The molecular formula is C22H20F2N2O2. The molecule has 1 atom stereocenters. The molecule has 3 aromatic rings. The lowest BCUT2D eigenvalue weighted by molar-refractivity contribution is 0.152. The monoisotopic (exact) mass is 382 g/mol. The van der Waals surface area contributed by atoms with Gasteiger partial charge < -0.3 is 9.57 Å². The molecule has 0 spiro atoms. The van der Waals surface area contributed by atoms with Crippen LogP contribution in [0.3, 0.4) is 0 Å². The molecule has 0 amide bonds. The Labute approximate surface area is 161 Å². The Morgan fingerprint density at radius 3 is 2.68 bits per heavy atom. The zero-order valence-corrected chi connectivity index (χ0v) is 15.7. The Bertz CT molecular complexity index is 1070. The van der Waals surface area contributed by atoms with E-state index in [0.29, 0.717) is 29.1 Å². The summed E-state index contributed by atoms with van der Waals surface area (Å²) >= 11 is 0. The van der Waals surface area contributed by atoms with E-state index in [-0.39, 0.29) is 11.3 Å². The lowest BCUT2D eigenvalue weighted by Crippen LogP contribution is -2.43. The van der Waals surface area contributed by atoms with Crippen molar-refractivity contribution >= 4 is 16.6 Å². The molecule has 4 nitrogen and oxygen atoms in total. The highest BCUT2D eigenvalue weighted by Gasteiger charge is 2.45. The van der Waals surface area contributed by atoms with Crippen LogP contribution in [0.4, 0.5) is 8.78 Å². The van der Waals surface area contributed by atoms with E-state index in [1.165, 1.54) is 18.3 Å². The van der Waals surface area contributed by atoms with Crippen LogP contribution in [0.1, 0.15) is 32.3 Å². The predicted octanol–water partition coefficient (Wildman–Crippen LogP) is 5.75. The Balaban J connectivity index is 1.73. The molecule has 2 aromatic carbocycles. The Hall–Kier alpha value is -3.02. The third-order valence-electron chi connectivity index (χ3n) is 5.19. The zero-order valence-electron chi connectivity index (χ0n) is 15.7. The second-order valence-electron chi connectivity index (χ2n) is 6.99. The van der Waals surface area contributed by atoms with Gasteiger partial charge in [-0.3, -0.25) is 0 Å². The molecular weight excluding hydrogens is 362 g/mol. The zero-order chi connectivity index (χ0) is 19.7. The van der Waals surface area contributed by atoms with Crippen molar-refractivity contribution in [1.82, 2.24) is 4.98 Å². The number of benzene rings is 2. The fourth-order valence-electron chi connectivity index (χ4n) is 3.58. The van der Waals surface area contributed by atoms with Crippen LogP contribution in [0, 0.1) is 11.6 Å². The van der Waals surface area contributed by atoms with E-state index in [9.17, 15) is 8.78 Å². The van der Waals surface area contributed by atoms with E-state index >= 15 is 0 Å². The van der Waals surface area contributed by atoms with Gasteiger partial charge in [-0.05, 0) is 51.0 Å². The Morgan fingerprint density at radius 1 is 1.14 bits per heavy atom. The van der Waals surface area contributed by atoms with Gasteiger partial charge in [0, 0.05) is 16.4 Å². The summed E-state index contributed by atoms with van der Waals surface area (Å²) < 4.78 is 34.7. The SMILES string of the molecule is CCO/N=C1\CCC1(C)c1c(F)cccc1Oc1cnc2c(F)cccc2c1. The molecule has 0 saturated heterocycles. The average molecular weight is 382 g/mol. The maximum absolute atomic E-state index is 14.8. The highest BCUT2D eigenvalue weighted by molar-refractivity contribution is 6.00. The normalized spacial score (nSPS) is 20.2. The van der Waals surface area contributed by atoms with Gasteiger partial charge in [-0.2, -0.15) is 0 Å². The summed E-state index contributed by atoms with van der Waals surface area (Å²) in [6.45, 7) is 4.25. The molecule has 0 aliphatic heterocycles. The first-order valence-electron chi connectivity index (χ1n) is 9.23. The first kappa shape index (κ1) is 18.3. The topological polar surface area (TPSA) is 43.7 Å². The maximum atomic E-state index is 14.8. The summed E-state index contributed by atoms with van der Waals surface area (Å²) in [5.74, 6) is 0.0538. The van der Waals surface area contributed by atoms with Crippen molar-refractivity contribution in [2.75, 3.05) is 6.61 Å². The number of halogens is 2. The highest BCUT2D eigenvalue weighted by Crippen LogP contribution is 2.47. The molecule has 28 heavy (non-hydrogen) atoms. The van der Waals surface area contributed by atoms with E-state index in [1.807, 2.05) is 13.8 Å². The van der Waals surface area contributed by atoms with E-state index < -0.39 is 11.2 Å². The van der Waals surface area contributed by atoms with Crippen LogP contribution in [0.2, 0.25) is 0 Å². The van der Waals surface area contributed by atoms with Crippen molar-refractivity contribution in [3.63, 3.8) is 0 Å². The fraction of sp³-hybridized carbons (Fsp3) is 0.273. The van der Waals surface area contributed by atoms with Gasteiger partial charge in [0.25, 0.3) is 0 Å². The quantitative estimate of drug-likeness (QED) is 0.528. The number of hydrogen-bond donors (Lipinski definition) is 0. The van der Waals surface area contributed by atoms with Crippen LogP contribution in [-0.4, -0.2) is 17.3 Å². The fourth-order valence-corrected chi connectivity index (χ4v) is 3.58. The number of fused-ring (bicyclic) bond motifs is 1. The van der Waals surface area contributed by atoms with Crippen molar-refractivity contribution in [1.29, 1.82) is 0 Å². The van der Waals surface area contributed by atoms with Gasteiger partial charge in [0.1, 0.15) is 35.3 Å². The molecule has 1 heterocycles. The molecule has 144 valence electrons. The van der Waals surface area contributed by atoms with E-state index in [1.54, 1.807) is 30.3 Å². The largest absolute Gasteiger partial charge is 0.455 e. The van der Waals surface area contributed by atoms with E-state index in [0.717, 1.165) is 18.6 Å². The number of pyridine rings is 1. The summed E-state index contributed by atoms with van der Waals surface area (Å²) in [4.78, 5) is 9.33. The molecule has 1 unspecified atom stereocenters. The number of oxime groups is 1. The van der Waals surface area contributed by atoms with Gasteiger partial charge in [0.2, 0.25) is 0 Å². The van der Waals surface area contributed by atoms with Gasteiger partial charge in [0.15, 0.2) is 0 Å². The van der Waals surface area contributed by atoms with Crippen molar-refractivity contribution in [2.24, 2.45) is 5.16 Å². The molecule has 0 radical (unpaired) electrons. The smallest absolute Gasteiger partial charge is 0.149 e. The number of nitrogens with zero attached hydrogens (tertiary/aromatic N) is 2. The van der Waals surface area contributed by atoms with Gasteiger partial charge in [-0.1, -0.05) is 23.4 Å². The number of ether oxygens (including phenoxy) is 1. The van der Waals surface area contributed by atoms with Gasteiger partial charge >= 0.3 is 0 Å². The van der Waals surface area contributed by atoms with Crippen LogP contribution >= 0.6 is 0 Å². The molecule has 1 saturated carbocycles. The van der Waals surface area contributed by atoms with Gasteiger partial charge in [-0.25, -0.2) is 13.8 Å².